The van der Waals surface area contributed by atoms with Crippen molar-refractivity contribution < 1.29 is 24.8 Å². The minimum atomic E-state index is -1.21. The Morgan fingerprint density at radius 3 is 2.65 bits per heavy atom. The van der Waals surface area contributed by atoms with E-state index >= 15 is 0 Å². The van der Waals surface area contributed by atoms with E-state index in [0.29, 0.717) is 0 Å². The lowest BCUT2D eigenvalue weighted by Gasteiger charge is -2.42. The van der Waals surface area contributed by atoms with Crippen LogP contribution in [0.5, 0.6) is 0 Å². The van der Waals surface area contributed by atoms with Crippen molar-refractivity contribution in [3.8, 4) is 0 Å². The average Bonchev–Trinajstić information content (AvgIpc) is 2.33. The summed E-state index contributed by atoms with van der Waals surface area (Å²) in [6.45, 7) is 0.231. The highest BCUT2D eigenvalue weighted by atomic mass is 16.7. The predicted molar refractivity (Wildman–Crippen MR) is 58.7 cm³/mol. The Balaban J connectivity index is 1.99. The lowest BCUT2D eigenvalue weighted by Crippen LogP contribution is -2.61. The standard InChI is InChI=1S/C11H17NO5/c1-12-6-7(13)9(14)10(15)11(12)17-8-4-2-3-5-16-8/h2-5,7-11,13-15H,6H2,1H3. The van der Waals surface area contributed by atoms with E-state index in [4.69, 9.17) is 9.47 Å². The quantitative estimate of drug-likeness (QED) is 0.564. The smallest absolute Gasteiger partial charge is 0.220 e. The Morgan fingerprint density at radius 2 is 2.00 bits per heavy atom. The van der Waals surface area contributed by atoms with Gasteiger partial charge in [0, 0.05) is 6.54 Å². The number of aliphatic hydroxyl groups is 3. The first-order valence-electron chi connectivity index (χ1n) is 5.48. The second-order valence-electron chi connectivity index (χ2n) is 4.23. The van der Waals surface area contributed by atoms with Gasteiger partial charge in [-0.1, -0.05) is 6.08 Å². The van der Waals surface area contributed by atoms with Crippen LogP contribution < -0.4 is 0 Å². The van der Waals surface area contributed by atoms with Crippen LogP contribution in [0, 0.1) is 0 Å². The van der Waals surface area contributed by atoms with Crippen molar-refractivity contribution >= 4 is 0 Å². The second-order valence-corrected chi connectivity index (χ2v) is 4.23. The molecule has 0 aliphatic carbocycles. The first-order chi connectivity index (χ1) is 8.09. The number of likely N-dealkylation sites (tertiary alicyclic amines) is 1. The fourth-order valence-electron chi connectivity index (χ4n) is 1.93. The molecule has 6 nitrogen and oxygen atoms in total. The van der Waals surface area contributed by atoms with Gasteiger partial charge >= 0.3 is 0 Å². The van der Waals surface area contributed by atoms with Gasteiger partial charge in [-0.25, -0.2) is 0 Å². The molecule has 2 rings (SSSR count). The maximum Gasteiger partial charge on any atom is 0.220 e. The topological polar surface area (TPSA) is 82.4 Å². The largest absolute Gasteiger partial charge is 0.469 e. The Labute approximate surface area is 99.4 Å². The molecule has 0 aromatic rings. The van der Waals surface area contributed by atoms with Crippen molar-refractivity contribution in [2.75, 3.05) is 13.6 Å². The summed E-state index contributed by atoms with van der Waals surface area (Å²) >= 11 is 0. The number of likely N-dealkylation sites (N-methyl/N-ethyl adjacent to an activating group) is 1. The summed E-state index contributed by atoms with van der Waals surface area (Å²) < 4.78 is 10.7. The van der Waals surface area contributed by atoms with E-state index in [2.05, 4.69) is 0 Å². The minimum Gasteiger partial charge on any atom is -0.469 e. The molecule has 17 heavy (non-hydrogen) atoms. The number of β-amino-alcohol motifs (C(OH)–C–C–N with tert-alkyl or cyclic N) is 1. The van der Waals surface area contributed by atoms with Crippen molar-refractivity contribution in [1.82, 2.24) is 4.90 Å². The molecule has 1 saturated heterocycles. The first-order valence-corrected chi connectivity index (χ1v) is 5.48. The Hall–Kier alpha value is -0.920. The maximum absolute atomic E-state index is 9.83. The molecule has 0 aromatic heterocycles. The van der Waals surface area contributed by atoms with Crippen LogP contribution in [0.25, 0.3) is 0 Å². The SMILES string of the molecule is CN1CC(O)C(O)C(O)C1OC1C=CC=CO1. The highest BCUT2D eigenvalue weighted by molar-refractivity contribution is 5.05. The number of hydrogen-bond acceptors (Lipinski definition) is 6. The lowest BCUT2D eigenvalue weighted by atomic mass is 10.0. The number of piperidine rings is 1. The number of rotatable bonds is 2. The summed E-state index contributed by atoms with van der Waals surface area (Å²) in [4.78, 5) is 1.64. The van der Waals surface area contributed by atoms with E-state index in [-0.39, 0.29) is 6.54 Å². The van der Waals surface area contributed by atoms with Gasteiger partial charge in [-0.05, 0) is 19.2 Å². The molecule has 0 amide bonds. The van der Waals surface area contributed by atoms with Gasteiger partial charge in [0.25, 0.3) is 0 Å². The molecule has 0 saturated carbocycles. The number of allylic oxidation sites excluding steroid dienone is 2. The van der Waals surface area contributed by atoms with Crippen LogP contribution in [0.3, 0.4) is 0 Å². The first kappa shape index (κ1) is 12.5. The molecular formula is C11H17NO5. The normalized spacial score (nSPS) is 42.5. The molecule has 2 aliphatic heterocycles. The van der Waals surface area contributed by atoms with E-state index in [9.17, 15) is 15.3 Å². The van der Waals surface area contributed by atoms with Crippen molar-refractivity contribution in [3.63, 3.8) is 0 Å². The highest BCUT2D eigenvalue weighted by Gasteiger charge is 2.41. The van der Waals surface area contributed by atoms with E-state index in [0.717, 1.165) is 0 Å². The fraction of sp³-hybridized carbons (Fsp3) is 0.636. The summed E-state index contributed by atoms with van der Waals surface area (Å²) in [6.07, 6.45) is 2.01. The molecular weight excluding hydrogens is 226 g/mol. The molecule has 5 atom stereocenters. The number of ether oxygens (including phenoxy) is 2. The number of nitrogens with zero attached hydrogens (tertiary/aromatic N) is 1. The average molecular weight is 243 g/mol. The van der Waals surface area contributed by atoms with Crippen LogP contribution in [0.4, 0.5) is 0 Å². The van der Waals surface area contributed by atoms with Gasteiger partial charge in [0.15, 0.2) is 0 Å². The van der Waals surface area contributed by atoms with E-state index in [1.807, 2.05) is 0 Å². The number of hydrogen-bond donors (Lipinski definition) is 3. The van der Waals surface area contributed by atoms with Gasteiger partial charge in [-0.3, -0.25) is 4.90 Å². The van der Waals surface area contributed by atoms with Gasteiger partial charge < -0.3 is 24.8 Å². The predicted octanol–water partition coefficient (Wildman–Crippen LogP) is -1.22. The third-order valence-corrected chi connectivity index (χ3v) is 2.89. The van der Waals surface area contributed by atoms with Gasteiger partial charge in [-0.2, -0.15) is 0 Å². The molecule has 96 valence electrons. The second kappa shape index (κ2) is 5.16. The zero-order valence-electron chi connectivity index (χ0n) is 9.51. The van der Waals surface area contributed by atoms with Crippen molar-refractivity contribution in [2.24, 2.45) is 0 Å². The molecule has 2 heterocycles. The Bertz CT molecular complexity index is 319. The Morgan fingerprint density at radius 1 is 1.24 bits per heavy atom. The molecule has 1 fully saturated rings. The Kier molecular flexibility index (Phi) is 3.80. The van der Waals surface area contributed by atoms with Crippen LogP contribution in [-0.4, -0.2) is 64.6 Å². The summed E-state index contributed by atoms with van der Waals surface area (Å²) in [5, 5.41) is 28.9. The minimum absolute atomic E-state index is 0.231. The van der Waals surface area contributed by atoms with Gasteiger partial charge in [0.05, 0.1) is 12.4 Å². The zero-order valence-corrected chi connectivity index (χ0v) is 9.51. The maximum atomic E-state index is 9.83. The zero-order chi connectivity index (χ0) is 12.4. The van der Waals surface area contributed by atoms with Crippen LogP contribution in [0.1, 0.15) is 0 Å². The van der Waals surface area contributed by atoms with Gasteiger partial charge in [0.2, 0.25) is 6.29 Å². The van der Waals surface area contributed by atoms with E-state index in [1.165, 1.54) is 6.26 Å². The molecule has 5 unspecified atom stereocenters. The van der Waals surface area contributed by atoms with E-state index < -0.39 is 30.8 Å². The van der Waals surface area contributed by atoms with Crippen LogP contribution in [0.2, 0.25) is 0 Å². The van der Waals surface area contributed by atoms with Crippen molar-refractivity contribution in [2.45, 2.75) is 30.8 Å². The molecule has 0 spiro atoms. The van der Waals surface area contributed by atoms with Crippen molar-refractivity contribution in [3.05, 3.63) is 24.5 Å². The summed E-state index contributed by atoms with van der Waals surface area (Å²) in [6, 6.07) is 0. The fourth-order valence-corrected chi connectivity index (χ4v) is 1.93. The molecule has 0 radical (unpaired) electrons. The van der Waals surface area contributed by atoms with Crippen LogP contribution in [0.15, 0.2) is 24.5 Å². The van der Waals surface area contributed by atoms with Gasteiger partial charge in [0.1, 0.15) is 18.4 Å². The molecule has 3 N–H and O–H groups in total. The highest BCUT2D eigenvalue weighted by Crippen LogP contribution is 2.21. The molecule has 2 aliphatic rings. The van der Waals surface area contributed by atoms with Crippen LogP contribution in [-0.2, 0) is 9.47 Å². The van der Waals surface area contributed by atoms with Crippen LogP contribution >= 0.6 is 0 Å². The summed E-state index contributed by atoms with van der Waals surface area (Å²) in [7, 11) is 1.70. The van der Waals surface area contributed by atoms with E-state index in [1.54, 1.807) is 30.2 Å². The number of aliphatic hydroxyl groups excluding tert-OH is 3. The summed E-state index contributed by atoms with van der Waals surface area (Å²) in [5.74, 6) is 0. The third-order valence-electron chi connectivity index (χ3n) is 2.89. The monoisotopic (exact) mass is 243 g/mol. The summed E-state index contributed by atoms with van der Waals surface area (Å²) in [5.41, 5.74) is 0. The molecule has 0 aromatic carbocycles. The van der Waals surface area contributed by atoms with Crippen molar-refractivity contribution in [1.29, 1.82) is 0 Å². The molecule has 0 bridgehead atoms. The third kappa shape index (κ3) is 2.67. The van der Waals surface area contributed by atoms with Gasteiger partial charge in [-0.15, -0.1) is 0 Å². The lowest BCUT2D eigenvalue weighted by molar-refractivity contribution is -0.245. The molecule has 6 heteroatoms.